The number of non-ortho nitro benzene ring substituents is 1. The van der Waals surface area contributed by atoms with Crippen LogP contribution in [-0.2, 0) is 0 Å². The van der Waals surface area contributed by atoms with Crippen molar-refractivity contribution in [2.75, 3.05) is 5.32 Å². The highest BCUT2D eigenvalue weighted by Crippen LogP contribution is 2.52. The van der Waals surface area contributed by atoms with Crippen LogP contribution in [0.15, 0.2) is 48.6 Å². The standard InChI is InChI=1S/C21H19N3O6/c25-21(26)16-10-11-17(24(29)30)18-14-4-2-1-3-5-15(14)19(22-20(16)18)12-6-8-13(9-7-12)23(27)28/h2,4,6-11,14-15,19,22H,1,3,5H2,(H,25,26). The third kappa shape index (κ3) is 3.28. The molecule has 2 N–H and O–H groups in total. The Bertz CT molecular complexity index is 1060. The zero-order chi connectivity index (χ0) is 21.4. The maximum Gasteiger partial charge on any atom is 0.337 e. The number of nitro benzene ring substituents is 2. The number of carbonyl (C=O) groups is 1. The van der Waals surface area contributed by atoms with Crippen LogP contribution in [0.4, 0.5) is 17.1 Å². The highest BCUT2D eigenvalue weighted by Gasteiger charge is 2.42. The summed E-state index contributed by atoms with van der Waals surface area (Å²) in [5.41, 5.74) is 1.24. The molecule has 0 spiro atoms. The molecule has 154 valence electrons. The third-order valence-corrected chi connectivity index (χ3v) is 5.89. The molecule has 9 heteroatoms. The second-order valence-corrected chi connectivity index (χ2v) is 7.50. The molecule has 2 aliphatic rings. The summed E-state index contributed by atoms with van der Waals surface area (Å²) in [6.45, 7) is 0. The van der Waals surface area contributed by atoms with E-state index in [2.05, 4.69) is 5.32 Å². The number of aromatic carboxylic acids is 1. The first-order chi connectivity index (χ1) is 14.4. The first kappa shape index (κ1) is 19.6. The number of carboxylic acids is 1. The van der Waals surface area contributed by atoms with Gasteiger partial charge in [0.15, 0.2) is 0 Å². The second-order valence-electron chi connectivity index (χ2n) is 7.50. The van der Waals surface area contributed by atoms with Crippen LogP contribution in [0, 0.1) is 26.1 Å². The van der Waals surface area contributed by atoms with Crippen molar-refractivity contribution in [3.8, 4) is 0 Å². The summed E-state index contributed by atoms with van der Waals surface area (Å²) in [5.74, 6) is -1.56. The van der Waals surface area contributed by atoms with Crippen molar-refractivity contribution in [1.82, 2.24) is 0 Å². The predicted octanol–water partition coefficient (Wildman–Crippen LogP) is 4.81. The van der Waals surface area contributed by atoms with Gasteiger partial charge in [-0.25, -0.2) is 4.79 Å². The normalized spacial score (nSPS) is 22.2. The van der Waals surface area contributed by atoms with E-state index in [0.29, 0.717) is 5.56 Å². The van der Waals surface area contributed by atoms with Gasteiger partial charge in [0, 0.05) is 24.1 Å². The van der Waals surface area contributed by atoms with Crippen LogP contribution >= 0.6 is 0 Å². The number of nitrogens with zero attached hydrogens (tertiary/aromatic N) is 2. The lowest BCUT2D eigenvalue weighted by Crippen LogP contribution is -2.32. The Labute approximate surface area is 171 Å². The van der Waals surface area contributed by atoms with Crippen molar-refractivity contribution >= 4 is 23.0 Å². The van der Waals surface area contributed by atoms with E-state index < -0.39 is 15.8 Å². The van der Waals surface area contributed by atoms with Gasteiger partial charge in [-0.15, -0.1) is 0 Å². The maximum atomic E-state index is 11.8. The number of anilines is 1. The number of fused-ring (bicyclic) bond motifs is 3. The second kappa shape index (κ2) is 7.58. The summed E-state index contributed by atoms with van der Waals surface area (Å²) in [7, 11) is 0. The molecule has 2 aromatic carbocycles. The smallest absolute Gasteiger partial charge is 0.337 e. The van der Waals surface area contributed by atoms with Crippen molar-refractivity contribution in [3.05, 3.63) is 85.5 Å². The molecule has 0 saturated carbocycles. The van der Waals surface area contributed by atoms with Crippen molar-refractivity contribution < 1.29 is 19.7 Å². The zero-order valence-electron chi connectivity index (χ0n) is 15.9. The molecular formula is C21H19N3O6. The lowest BCUT2D eigenvalue weighted by atomic mass is 9.72. The van der Waals surface area contributed by atoms with Crippen molar-refractivity contribution in [2.24, 2.45) is 5.92 Å². The Morgan fingerprint density at radius 1 is 1.07 bits per heavy atom. The van der Waals surface area contributed by atoms with Crippen LogP contribution in [0.1, 0.15) is 52.7 Å². The summed E-state index contributed by atoms with van der Waals surface area (Å²) < 4.78 is 0. The predicted molar refractivity (Wildman–Crippen MR) is 109 cm³/mol. The van der Waals surface area contributed by atoms with Gasteiger partial charge in [0.05, 0.1) is 32.7 Å². The van der Waals surface area contributed by atoms with Crippen LogP contribution in [0.2, 0.25) is 0 Å². The van der Waals surface area contributed by atoms with Gasteiger partial charge in [0.25, 0.3) is 11.4 Å². The molecule has 1 aliphatic heterocycles. The molecule has 1 aliphatic carbocycles. The van der Waals surface area contributed by atoms with Crippen LogP contribution in [0.25, 0.3) is 0 Å². The highest BCUT2D eigenvalue weighted by molar-refractivity contribution is 5.97. The van der Waals surface area contributed by atoms with Crippen molar-refractivity contribution in [2.45, 2.75) is 31.2 Å². The molecule has 1 heterocycles. The molecule has 0 saturated heterocycles. The zero-order valence-corrected chi connectivity index (χ0v) is 15.9. The fourth-order valence-electron chi connectivity index (χ4n) is 4.56. The van der Waals surface area contributed by atoms with Crippen molar-refractivity contribution in [3.63, 3.8) is 0 Å². The molecule has 0 aromatic heterocycles. The van der Waals surface area contributed by atoms with Gasteiger partial charge < -0.3 is 10.4 Å². The van der Waals surface area contributed by atoms with Gasteiger partial charge in [-0.3, -0.25) is 20.2 Å². The quantitative estimate of drug-likeness (QED) is 0.420. The summed E-state index contributed by atoms with van der Waals surface area (Å²) in [5, 5.41) is 35.6. The summed E-state index contributed by atoms with van der Waals surface area (Å²) in [4.78, 5) is 33.6. The molecule has 3 unspecified atom stereocenters. The van der Waals surface area contributed by atoms with Gasteiger partial charge in [-0.05, 0) is 36.8 Å². The van der Waals surface area contributed by atoms with E-state index in [4.69, 9.17) is 0 Å². The molecule has 0 radical (unpaired) electrons. The monoisotopic (exact) mass is 409 g/mol. The number of hydrogen-bond acceptors (Lipinski definition) is 6. The number of nitrogens with one attached hydrogen (secondary N) is 1. The summed E-state index contributed by atoms with van der Waals surface area (Å²) in [6, 6.07) is 8.32. The van der Waals surface area contributed by atoms with E-state index in [1.807, 2.05) is 12.2 Å². The molecule has 0 amide bonds. The van der Waals surface area contributed by atoms with E-state index in [-0.39, 0.29) is 40.5 Å². The van der Waals surface area contributed by atoms with Crippen LogP contribution in [-0.4, -0.2) is 20.9 Å². The Morgan fingerprint density at radius 2 is 1.80 bits per heavy atom. The molecule has 4 rings (SSSR count). The fourth-order valence-corrected chi connectivity index (χ4v) is 4.56. The van der Waals surface area contributed by atoms with E-state index in [1.54, 1.807) is 12.1 Å². The Morgan fingerprint density at radius 3 is 2.43 bits per heavy atom. The minimum atomic E-state index is -1.17. The Hall–Kier alpha value is -3.75. The molecule has 3 atom stereocenters. The Balaban J connectivity index is 1.90. The number of nitro groups is 2. The molecule has 0 bridgehead atoms. The molecule has 30 heavy (non-hydrogen) atoms. The number of allylic oxidation sites excluding steroid dienone is 2. The van der Waals surface area contributed by atoms with Crippen LogP contribution < -0.4 is 5.32 Å². The SMILES string of the molecule is O=C(O)c1ccc([N+](=O)[O-])c2c1NC(c1ccc([N+](=O)[O-])cc1)C1CCCC=CC21. The molecule has 2 aromatic rings. The lowest BCUT2D eigenvalue weighted by molar-refractivity contribution is -0.385. The fraction of sp³-hybridized carbons (Fsp3) is 0.286. The average molecular weight is 409 g/mol. The summed E-state index contributed by atoms with van der Waals surface area (Å²) in [6.07, 6.45) is 6.44. The number of benzene rings is 2. The average Bonchev–Trinajstić information content (AvgIpc) is 2.98. The number of rotatable bonds is 4. The molecular weight excluding hydrogens is 390 g/mol. The van der Waals surface area contributed by atoms with E-state index >= 15 is 0 Å². The minimum absolute atomic E-state index is 0.0291. The number of hydrogen-bond donors (Lipinski definition) is 2. The van der Waals surface area contributed by atoms with Gasteiger partial charge >= 0.3 is 5.97 Å². The topological polar surface area (TPSA) is 136 Å². The molecule has 0 fully saturated rings. The van der Waals surface area contributed by atoms with Crippen LogP contribution in [0.5, 0.6) is 0 Å². The summed E-state index contributed by atoms with van der Waals surface area (Å²) >= 11 is 0. The minimum Gasteiger partial charge on any atom is -0.478 e. The largest absolute Gasteiger partial charge is 0.478 e. The van der Waals surface area contributed by atoms with E-state index in [9.17, 15) is 30.1 Å². The van der Waals surface area contributed by atoms with Crippen LogP contribution in [0.3, 0.4) is 0 Å². The van der Waals surface area contributed by atoms with E-state index in [1.165, 1.54) is 24.3 Å². The van der Waals surface area contributed by atoms with Gasteiger partial charge in [0.2, 0.25) is 0 Å². The van der Waals surface area contributed by atoms with Gasteiger partial charge in [-0.1, -0.05) is 24.3 Å². The third-order valence-electron chi connectivity index (χ3n) is 5.89. The first-order valence-electron chi connectivity index (χ1n) is 9.60. The Kier molecular flexibility index (Phi) is 4.94. The van der Waals surface area contributed by atoms with Crippen molar-refractivity contribution in [1.29, 1.82) is 0 Å². The maximum absolute atomic E-state index is 11.8. The van der Waals surface area contributed by atoms with Gasteiger partial charge in [-0.2, -0.15) is 0 Å². The van der Waals surface area contributed by atoms with Gasteiger partial charge in [0.1, 0.15) is 0 Å². The highest BCUT2D eigenvalue weighted by atomic mass is 16.6. The van der Waals surface area contributed by atoms with E-state index in [0.717, 1.165) is 24.8 Å². The first-order valence-corrected chi connectivity index (χ1v) is 9.60. The number of carboxylic acid groups (broad SMARTS) is 1. The molecule has 9 nitrogen and oxygen atoms in total. The lowest BCUT2D eigenvalue weighted by Gasteiger charge is -2.39.